The number of carbonyl (C=O) groups excluding carboxylic acids is 1. The first-order chi connectivity index (χ1) is 15.9. The van der Waals surface area contributed by atoms with E-state index < -0.39 is 12.5 Å². The standard InChI is InChI=1S/C21H17F2N7O2S/c1-3-29-10-14(11(2)28-29)16-6-7-24-18-13(9-25-30(16)18)19(31)27-21-26-15-5-4-12(32-20(22)23)8-17(15)33-21/h4-10,20H,3H2,1-2H3,(H,26,27,31). The molecule has 168 valence electrons. The summed E-state index contributed by atoms with van der Waals surface area (Å²) >= 11 is 1.15. The number of thiazole rings is 1. The fourth-order valence-electron chi connectivity index (χ4n) is 3.49. The molecule has 0 aliphatic carbocycles. The average molecular weight is 469 g/mol. The Kier molecular flexibility index (Phi) is 5.21. The molecule has 0 saturated heterocycles. The van der Waals surface area contributed by atoms with Crippen molar-refractivity contribution in [3.63, 3.8) is 0 Å². The Morgan fingerprint density at radius 3 is 2.91 bits per heavy atom. The number of amides is 1. The number of carbonyl (C=O) groups is 1. The van der Waals surface area contributed by atoms with Gasteiger partial charge in [-0.1, -0.05) is 11.3 Å². The molecule has 1 aromatic carbocycles. The molecule has 4 aromatic heterocycles. The number of ether oxygens (including phenoxy) is 1. The number of fused-ring (bicyclic) bond motifs is 2. The number of aryl methyl sites for hydroxylation is 2. The fourth-order valence-corrected chi connectivity index (χ4v) is 4.38. The van der Waals surface area contributed by atoms with Gasteiger partial charge in [-0.2, -0.15) is 19.0 Å². The molecule has 0 bridgehead atoms. The van der Waals surface area contributed by atoms with E-state index in [1.54, 1.807) is 16.8 Å². The second-order valence-corrected chi connectivity index (χ2v) is 8.12. The van der Waals surface area contributed by atoms with Crippen LogP contribution in [0.25, 0.3) is 27.1 Å². The van der Waals surface area contributed by atoms with Gasteiger partial charge in [-0.3, -0.25) is 14.8 Å². The molecule has 1 N–H and O–H groups in total. The van der Waals surface area contributed by atoms with E-state index in [1.165, 1.54) is 18.3 Å². The van der Waals surface area contributed by atoms with Crippen molar-refractivity contribution in [2.75, 3.05) is 5.32 Å². The maximum Gasteiger partial charge on any atom is 0.387 e. The first kappa shape index (κ1) is 20.9. The second kappa shape index (κ2) is 8.20. The van der Waals surface area contributed by atoms with E-state index in [-0.39, 0.29) is 11.3 Å². The Balaban J connectivity index is 1.45. The summed E-state index contributed by atoms with van der Waals surface area (Å²) in [5, 5.41) is 11.9. The molecule has 0 atom stereocenters. The zero-order chi connectivity index (χ0) is 23.1. The van der Waals surface area contributed by atoms with E-state index in [0.717, 1.165) is 34.8 Å². The number of nitrogens with one attached hydrogen (secondary N) is 1. The van der Waals surface area contributed by atoms with Crippen LogP contribution in [0.1, 0.15) is 23.0 Å². The van der Waals surface area contributed by atoms with Crippen LogP contribution in [0, 0.1) is 6.92 Å². The van der Waals surface area contributed by atoms with Gasteiger partial charge in [-0.15, -0.1) is 0 Å². The van der Waals surface area contributed by atoms with Crippen LogP contribution in [-0.4, -0.2) is 41.9 Å². The molecular weight excluding hydrogens is 452 g/mol. The molecule has 1 amide bonds. The van der Waals surface area contributed by atoms with E-state index in [2.05, 4.69) is 30.2 Å². The average Bonchev–Trinajstić information content (AvgIpc) is 3.48. The highest BCUT2D eigenvalue weighted by Crippen LogP contribution is 2.30. The second-order valence-electron chi connectivity index (χ2n) is 7.09. The molecule has 0 unspecified atom stereocenters. The van der Waals surface area contributed by atoms with Gasteiger partial charge in [0.2, 0.25) is 0 Å². The molecule has 0 fully saturated rings. The number of benzene rings is 1. The van der Waals surface area contributed by atoms with E-state index in [0.29, 0.717) is 21.0 Å². The van der Waals surface area contributed by atoms with Crippen LogP contribution in [0.15, 0.2) is 42.9 Å². The van der Waals surface area contributed by atoms with Crippen LogP contribution in [0.5, 0.6) is 5.75 Å². The lowest BCUT2D eigenvalue weighted by molar-refractivity contribution is -0.0497. The van der Waals surface area contributed by atoms with Crippen molar-refractivity contribution < 1.29 is 18.3 Å². The molecule has 12 heteroatoms. The van der Waals surface area contributed by atoms with Crippen molar-refractivity contribution >= 4 is 38.2 Å². The lowest BCUT2D eigenvalue weighted by atomic mass is 10.2. The van der Waals surface area contributed by atoms with Gasteiger partial charge in [0.1, 0.15) is 11.3 Å². The molecule has 4 heterocycles. The highest BCUT2D eigenvalue weighted by atomic mass is 32.1. The molecule has 9 nitrogen and oxygen atoms in total. The molecule has 5 aromatic rings. The predicted molar refractivity (Wildman–Crippen MR) is 119 cm³/mol. The van der Waals surface area contributed by atoms with Crippen molar-refractivity contribution in [1.29, 1.82) is 0 Å². The summed E-state index contributed by atoms with van der Waals surface area (Å²) in [7, 11) is 0. The Labute approximate surface area is 189 Å². The maximum atomic E-state index is 13.0. The quantitative estimate of drug-likeness (QED) is 0.396. The molecule has 0 saturated carbocycles. The summed E-state index contributed by atoms with van der Waals surface area (Å²) in [5.41, 5.74) is 3.73. The summed E-state index contributed by atoms with van der Waals surface area (Å²) in [6, 6.07) is 6.23. The summed E-state index contributed by atoms with van der Waals surface area (Å²) < 4.78 is 33.4. The van der Waals surface area contributed by atoms with Gasteiger partial charge in [-0.05, 0) is 38.1 Å². The number of aromatic nitrogens is 6. The predicted octanol–water partition coefficient (Wildman–Crippen LogP) is 4.38. The summed E-state index contributed by atoms with van der Waals surface area (Å²) in [6.45, 7) is 1.74. The summed E-state index contributed by atoms with van der Waals surface area (Å²) in [6.07, 6.45) is 5.00. The number of anilines is 1. The highest BCUT2D eigenvalue weighted by molar-refractivity contribution is 7.22. The van der Waals surface area contributed by atoms with Gasteiger partial charge < -0.3 is 4.74 Å². The third kappa shape index (κ3) is 3.89. The van der Waals surface area contributed by atoms with Crippen molar-refractivity contribution in [3.05, 3.63) is 54.1 Å². The third-order valence-corrected chi connectivity index (χ3v) is 5.93. The van der Waals surface area contributed by atoms with Gasteiger partial charge in [0.25, 0.3) is 5.91 Å². The highest BCUT2D eigenvalue weighted by Gasteiger charge is 2.19. The Bertz CT molecular complexity index is 1490. The minimum atomic E-state index is -2.91. The van der Waals surface area contributed by atoms with Crippen LogP contribution in [0.2, 0.25) is 0 Å². The number of hydrogen-bond acceptors (Lipinski definition) is 7. The smallest absolute Gasteiger partial charge is 0.387 e. The molecule has 0 radical (unpaired) electrons. The summed E-state index contributed by atoms with van der Waals surface area (Å²) in [4.78, 5) is 21.6. The Morgan fingerprint density at radius 2 is 2.15 bits per heavy atom. The number of halogens is 2. The Hall–Kier alpha value is -3.93. The molecule has 0 aliphatic rings. The van der Waals surface area contributed by atoms with Crippen molar-refractivity contribution in [3.8, 4) is 17.0 Å². The molecule has 33 heavy (non-hydrogen) atoms. The van der Waals surface area contributed by atoms with Crippen molar-refractivity contribution in [2.24, 2.45) is 0 Å². The number of nitrogens with zero attached hydrogens (tertiary/aromatic N) is 6. The third-order valence-electron chi connectivity index (χ3n) is 5.00. The Morgan fingerprint density at radius 1 is 1.30 bits per heavy atom. The fraction of sp³-hybridized carbons (Fsp3) is 0.190. The SMILES string of the molecule is CCn1cc(-c2ccnc3c(C(=O)Nc4nc5ccc(OC(F)F)cc5s4)cnn23)c(C)n1. The number of rotatable bonds is 6. The topological polar surface area (TPSA) is 99.2 Å². The van der Waals surface area contributed by atoms with Gasteiger partial charge in [0.05, 0.1) is 27.8 Å². The molecule has 0 aliphatic heterocycles. The van der Waals surface area contributed by atoms with E-state index in [9.17, 15) is 13.6 Å². The van der Waals surface area contributed by atoms with Crippen molar-refractivity contribution in [1.82, 2.24) is 29.4 Å². The van der Waals surface area contributed by atoms with Gasteiger partial charge in [0.15, 0.2) is 10.8 Å². The van der Waals surface area contributed by atoms with E-state index in [4.69, 9.17) is 0 Å². The van der Waals surface area contributed by atoms with Gasteiger partial charge in [0, 0.05) is 24.5 Å². The zero-order valence-corrected chi connectivity index (χ0v) is 18.3. The molecule has 5 rings (SSSR count). The van der Waals surface area contributed by atoms with Crippen LogP contribution >= 0.6 is 11.3 Å². The monoisotopic (exact) mass is 469 g/mol. The van der Waals surface area contributed by atoms with E-state index >= 15 is 0 Å². The van der Waals surface area contributed by atoms with Gasteiger partial charge >= 0.3 is 6.61 Å². The lowest BCUT2D eigenvalue weighted by Crippen LogP contribution is -2.12. The van der Waals surface area contributed by atoms with Crippen LogP contribution in [0.4, 0.5) is 13.9 Å². The maximum absolute atomic E-state index is 13.0. The molecule has 0 spiro atoms. The van der Waals surface area contributed by atoms with E-state index in [1.807, 2.05) is 30.8 Å². The molecular formula is C21H17F2N7O2S. The normalized spacial score (nSPS) is 11.5. The first-order valence-electron chi connectivity index (χ1n) is 9.97. The lowest BCUT2D eigenvalue weighted by Gasteiger charge is -2.04. The number of hydrogen-bond donors (Lipinski definition) is 1. The van der Waals surface area contributed by atoms with Crippen LogP contribution in [0.3, 0.4) is 0 Å². The van der Waals surface area contributed by atoms with Crippen LogP contribution < -0.4 is 10.1 Å². The zero-order valence-electron chi connectivity index (χ0n) is 17.5. The first-order valence-corrected chi connectivity index (χ1v) is 10.8. The largest absolute Gasteiger partial charge is 0.435 e. The summed E-state index contributed by atoms with van der Waals surface area (Å²) in [5.74, 6) is -0.404. The minimum absolute atomic E-state index is 0.0278. The number of alkyl halides is 2. The van der Waals surface area contributed by atoms with Crippen LogP contribution in [-0.2, 0) is 6.54 Å². The van der Waals surface area contributed by atoms with Crippen molar-refractivity contribution in [2.45, 2.75) is 27.0 Å². The minimum Gasteiger partial charge on any atom is -0.435 e. The van der Waals surface area contributed by atoms with Gasteiger partial charge in [-0.25, -0.2) is 14.5 Å².